The lowest BCUT2D eigenvalue weighted by Gasteiger charge is -2.49. The summed E-state index contributed by atoms with van der Waals surface area (Å²) in [5.41, 5.74) is 0. The van der Waals surface area contributed by atoms with Crippen molar-refractivity contribution < 1.29 is 9.90 Å². The Labute approximate surface area is 130 Å². The molecule has 6 atom stereocenters. The summed E-state index contributed by atoms with van der Waals surface area (Å²) in [4.78, 5) is 14.3. The van der Waals surface area contributed by atoms with Gasteiger partial charge in [-0.2, -0.15) is 0 Å². The molecule has 0 radical (unpaired) electrons. The molecule has 1 N–H and O–H groups in total. The Kier molecular flexibility index (Phi) is 5.70. The molecule has 0 aromatic carbocycles. The second-order valence-corrected chi connectivity index (χ2v) is 7.74. The SMILES string of the molecule is CCCC1CCC(C(=O)O)C(N2CC(C)CC(C)C2C)C1. The molecule has 1 saturated carbocycles. The minimum Gasteiger partial charge on any atom is -0.481 e. The van der Waals surface area contributed by atoms with Crippen LogP contribution in [0.25, 0.3) is 0 Å². The van der Waals surface area contributed by atoms with Crippen LogP contribution in [0, 0.1) is 23.7 Å². The number of hydrogen-bond donors (Lipinski definition) is 1. The number of piperidine rings is 1. The van der Waals surface area contributed by atoms with Crippen LogP contribution in [0.1, 0.15) is 66.2 Å². The number of carbonyl (C=O) groups is 1. The Morgan fingerprint density at radius 1 is 1.19 bits per heavy atom. The molecule has 0 bridgehead atoms. The van der Waals surface area contributed by atoms with Crippen molar-refractivity contribution in [3.8, 4) is 0 Å². The smallest absolute Gasteiger partial charge is 0.308 e. The number of aliphatic carboxylic acids is 1. The lowest BCUT2D eigenvalue weighted by molar-refractivity contribution is -0.148. The van der Waals surface area contributed by atoms with Crippen LogP contribution in [-0.4, -0.2) is 34.6 Å². The molecule has 0 aromatic rings. The van der Waals surface area contributed by atoms with Crippen LogP contribution in [0.4, 0.5) is 0 Å². The van der Waals surface area contributed by atoms with Crippen molar-refractivity contribution in [3.63, 3.8) is 0 Å². The van der Waals surface area contributed by atoms with E-state index in [2.05, 4.69) is 32.6 Å². The van der Waals surface area contributed by atoms with Gasteiger partial charge in [0.1, 0.15) is 0 Å². The van der Waals surface area contributed by atoms with Crippen molar-refractivity contribution in [2.24, 2.45) is 23.7 Å². The fraction of sp³-hybridized carbons (Fsp3) is 0.944. The summed E-state index contributed by atoms with van der Waals surface area (Å²) in [7, 11) is 0. The Hall–Kier alpha value is -0.570. The average molecular weight is 295 g/mol. The molecule has 2 aliphatic rings. The third kappa shape index (κ3) is 3.80. The molecule has 1 aliphatic heterocycles. The fourth-order valence-corrected chi connectivity index (χ4v) is 4.75. The van der Waals surface area contributed by atoms with Gasteiger partial charge in [-0.15, -0.1) is 0 Å². The van der Waals surface area contributed by atoms with Crippen molar-refractivity contribution in [1.82, 2.24) is 4.90 Å². The molecular weight excluding hydrogens is 262 g/mol. The van der Waals surface area contributed by atoms with Crippen LogP contribution in [0.3, 0.4) is 0 Å². The molecule has 6 unspecified atom stereocenters. The molecule has 3 heteroatoms. The van der Waals surface area contributed by atoms with E-state index in [9.17, 15) is 9.90 Å². The molecular formula is C18H33NO2. The highest BCUT2D eigenvalue weighted by Gasteiger charge is 2.42. The van der Waals surface area contributed by atoms with Gasteiger partial charge in [-0.3, -0.25) is 9.69 Å². The summed E-state index contributed by atoms with van der Waals surface area (Å²) in [6.07, 6.45) is 6.83. The van der Waals surface area contributed by atoms with Crippen LogP contribution in [0.2, 0.25) is 0 Å². The number of nitrogens with zero attached hydrogens (tertiary/aromatic N) is 1. The van der Waals surface area contributed by atoms with Gasteiger partial charge in [0.2, 0.25) is 0 Å². The van der Waals surface area contributed by atoms with Crippen molar-refractivity contribution >= 4 is 5.97 Å². The van der Waals surface area contributed by atoms with Gasteiger partial charge in [0.25, 0.3) is 0 Å². The summed E-state index contributed by atoms with van der Waals surface area (Å²) in [5.74, 6) is 1.37. The normalized spacial score (nSPS) is 41.9. The van der Waals surface area contributed by atoms with Gasteiger partial charge in [0.05, 0.1) is 5.92 Å². The zero-order chi connectivity index (χ0) is 15.6. The molecule has 1 aliphatic carbocycles. The summed E-state index contributed by atoms with van der Waals surface area (Å²) in [6.45, 7) is 10.3. The second-order valence-electron chi connectivity index (χ2n) is 7.74. The van der Waals surface area contributed by atoms with E-state index >= 15 is 0 Å². The quantitative estimate of drug-likeness (QED) is 0.851. The minimum atomic E-state index is -0.576. The first-order chi connectivity index (χ1) is 9.93. The van der Waals surface area contributed by atoms with Gasteiger partial charge in [0, 0.05) is 18.6 Å². The largest absolute Gasteiger partial charge is 0.481 e. The van der Waals surface area contributed by atoms with Gasteiger partial charge in [-0.1, -0.05) is 33.6 Å². The number of likely N-dealkylation sites (tertiary alicyclic amines) is 1. The first kappa shape index (κ1) is 16.8. The van der Waals surface area contributed by atoms with E-state index in [0.717, 1.165) is 31.7 Å². The van der Waals surface area contributed by atoms with Gasteiger partial charge in [-0.25, -0.2) is 0 Å². The number of carboxylic acids is 1. The van der Waals surface area contributed by atoms with Crippen molar-refractivity contribution in [2.75, 3.05) is 6.54 Å². The summed E-state index contributed by atoms with van der Waals surface area (Å²) >= 11 is 0. The van der Waals surface area contributed by atoms with E-state index in [0.29, 0.717) is 17.9 Å². The second kappa shape index (κ2) is 7.13. The zero-order valence-electron chi connectivity index (χ0n) is 14.2. The van der Waals surface area contributed by atoms with Gasteiger partial charge in [0.15, 0.2) is 0 Å². The average Bonchev–Trinajstić information content (AvgIpc) is 2.43. The molecule has 1 heterocycles. The first-order valence-corrected chi connectivity index (χ1v) is 8.92. The summed E-state index contributed by atoms with van der Waals surface area (Å²) in [6, 6.07) is 0.779. The summed E-state index contributed by atoms with van der Waals surface area (Å²) in [5, 5.41) is 9.65. The molecule has 0 amide bonds. The Morgan fingerprint density at radius 2 is 1.90 bits per heavy atom. The predicted octanol–water partition coefficient (Wildman–Crippen LogP) is 4.02. The van der Waals surface area contributed by atoms with Crippen molar-refractivity contribution in [1.29, 1.82) is 0 Å². The maximum Gasteiger partial charge on any atom is 0.308 e. The molecule has 1 saturated heterocycles. The van der Waals surface area contributed by atoms with Crippen molar-refractivity contribution in [3.05, 3.63) is 0 Å². The lowest BCUT2D eigenvalue weighted by atomic mass is 9.73. The van der Waals surface area contributed by atoms with E-state index in [1.165, 1.54) is 19.3 Å². The number of hydrogen-bond acceptors (Lipinski definition) is 2. The molecule has 2 rings (SSSR count). The third-order valence-electron chi connectivity index (χ3n) is 6.01. The van der Waals surface area contributed by atoms with Gasteiger partial charge >= 0.3 is 5.97 Å². The Morgan fingerprint density at radius 3 is 2.52 bits per heavy atom. The van der Waals surface area contributed by atoms with Crippen LogP contribution < -0.4 is 0 Å². The van der Waals surface area contributed by atoms with Crippen LogP contribution >= 0.6 is 0 Å². The molecule has 3 nitrogen and oxygen atoms in total. The maximum atomic E-state index is 11.7. The number of carboxylic acid groups (broad SMARTS) is 1. The van der Waals surface area contributed by atoms with Crippen LogP contribution in [0.5, 0.6) is 0 Å². The maximum absolute atomic E-state index is 11.7. The molecule has 0 spiro atoms. The molecule has 21 heavy (non-hydrogen) atoms. The highest BCUT2D eigenvalue weighted by Crippen LogP contribution is 2.39. The predicted molar refractivity (Wildman–Crippen MR) is 86.3 cm³/mol. The monoisotopic (exact) mass is 295 g/mol. The molecule has 2 fully saturated rings. The van der Waals surface area contributed by atoms with E-state index in [1.807, 2.05) is 0 Å². The zero-order valence-corrected chi connectivity index (χ0v) is 14.2. The van der Waals surface area contributed by atoms with E-state index in [4.69, 9.17) is 0 Å². The Balaban J connectivity index is 2.15. The first-order valence-electron chi connectivity index (χ1n) is 8.92. The lowest BCUT2D eigenvalue weighted by Crippen LogP contribution is -2.56. The standard InChI is InChI=1S/C18H33NO2/c1-5-6-15-7-8-16(18(20)21)17(10-15)19-11-12(2)9-13(3)14(19)4/h12-17H,5-11H2,1-4H3,(H,20,21). The molecule has 0 aromatic heterocycles. The van der Waals surface area contributed by atoms with E-state index in [1.54, 1.807) is 0 Å². The van der Waals surface area contributed by atoms with Gasteiger partial charge in [-0.05, 0) is 50.4 Å². The van der Waals surface area contributed by atoms with E-state index < -0.39 is 5.97 Å². The minimum absolute atomic E-state index is 0.155. The topological polar surface area (TPSA) is 40.5 Å². The highest BCUT2D eigenvalue weighted by molar-refractivity contribution is 5.71. The summed E-state index contributed by atoms with van der Waals surface area (Å²) < 4.78 is 0. The highest BCUT2D eigenvalue weighted by atomic mass is 16.4. The van der Waals surface area contributed by atoms with E-state index in [-0.39, 0.29) is 12.0 Å². The third-order valence-corrected chi connectivity index (χ3v) is 6.01. The van der Waals surface area contributed by atoms with Crippen molar-refractivity contribution in [2.45, 2.75) is 78.3 Å². The molecule has 122 valence electrons. The van der Waals surface area contributed by atoms with Gasteiger partial charge < -0.3 is 5.11 Å². The van der Waals surface area contributed by atoms with Crippen LogP contribution in [0.15, 0.2) is 0 Å². The number of rotatable bonds is 4. The Bertz CT molecular complexity index is 357. The van der Waals surface area contributed by atoms with Crippen LogP contribution in [-0.2, 0) is 4.79 Å². The fourth-order valence-electron chi connectivity index (χ4n) is 4.75.